The molecule has 0 saturated carbocycles. The molecular weight excluding hydrogens is 390 g/mol. The lowest BCUT2D eigenvalue weighted by Crippen LogP contribution is -2.38. The lowest BCUT2D eigenvalue weighted by molar-refractivity contribution is -0.118. The highest BCUT2D eigenvalue weighted by Crippen LogP contribution is 2.31. The van der Waals surface area contributed by atoms with Crippen molar-refractivity contribution in [3.63, 3.8) is 0 Å². The molecule has 3 heterocycles. The van der Waals surface area contributed by atoms with Gasteiger partial charge >= 0.3 is 0 Å². The van der Waals surface area contributed by atoms with E-state index in [2.05, 4.69) is 16.0 Å². The van der Waals surface area contributed by atoms with Crippen molar-refractivity contribution < 1.29 is 14.6 Å². The molecule has 31 heavy (non-hydrogen) atoms. The quantitative estimate of drug-likeness (QED) is 0.737. The summed E-state index contributed by atoms with van der Waals surface area (Å²) < 4.78 is 5.81. The molecule has 6 nitrogen and oxygen atoms in total. The molecule has 1 unspecified atom stereocenters. The molecule has 1 aromatic carbocycles. The summed E-state index contributed by atoms with van der Waals surface area (Å²) in [6.07, 6.45) is 5.84. The van der Waals surface area contributed by atoms with Crippen LogP contribution in [0.4, 0.5) is 5.69 Å². The van der Waals surface area contributed by atoms with E-state index in [1.54, 1.807) is 6.20 Å². The van der Waals surface area contributed by atoms with Crippen LogP contribution in [0.25, 0.3) is 0 Å². The van der Waals surface area contributed by atoms with Gasteiger partial charge in [-0.3, -0.25) is 4.79 Å². The fourth-order valence-electron chi connectivity index (χ4n) is 4.60. The normalized spacial score (nSPS) is 18.5. The number of pyridine rings is 1. The van der Waals surface area contributed by atoms with E-state index in [1.807, 2.05) is 42.2 Å². The molecule has 6 heteroatoms. The van der Waals surface area contributed by atoms with Gasteiger partial charge in [0.15, 0.2) is 0 Å². The van der Waals surface area contributed by atoms with Crippen LogP contribution < -0.4 is 9.64 Å². The molecule has 1 saturated heterocycles. The van der Waals surface area contributed by atoms with E-state index >= 15 is 0 Å². The fraction of sp³-hybridized carbons (Fsp3) is 0.520. The van der Waals surface area contributed by atoms with Crippen LogP contribution in [0.15, 0.2) is 42.6 Å². The van der Waals surface area contributed by atoms with E-state index in [0.717, 1.165) is 56.6 Å². The van der Waals surface area contributed by atoms with Gasteiger partial charge in [0.05, 0.1) is 12.7 Å². The minimum absolute atomic E-state index is 0.171. The number of fused-ring (bicyclic) bond motifs is 1. The van der Waals surface area contributed by atoms with Crippen LogP contribution in [-0.2, 0) is 11.2 Å². The summed E-state index contributed by atoms with van der Waals surface area (Å²) in [5.74, 6) is 1.39. The predicted octanol–water partition coefficient (Wildman–Crippen LogP) is 3.60. The van der Waals surface area contributed by atoms with Crippen LogP contribution in [0.1, 0.15) is 49.8 Å². The van der Waals surface area contributed by atoms with Gasteiger partial charge in [0.2, 0.25) is 11.8 Å². The zero-order chi connectivity index (χ0) is 21.6. The maximum absolute atomic E-state index is 12.2. The molecule has 0 spiro atoms. The topological polar surface area (TPSA) is 65.9 Å². The number of aliphatic hydroxyl groups is 1. The first-order valence-electron chi connectivity index (χ1n) is 11.5. The molecule has 1 amide bonds. The van der Waals surface area contributed by atoms with E-state index in [0.29, 0.717) is 31.4 Å². The zero-order valence-corrected chi connectivity index (χ0v) is 18.4. The van der Waals surface area contributed by atoms with Gasteiger partial charge in [-0.25, -0.2) is 4.98 Å². The predicted molar refractivity (Wildman–Crippen MR) is 121 cm³/mol. The number of β-amino-alcohol motifs (C(OH)–C–C–N with tert-alkyl or cyclic N) is 1. The molecule has 0 bridgehead atoms. The summed E-state index contributed by atoms with van der Waals surface area (Å²) in [5, 5.41) is 10.9. The first-order valence-corrected chi connectivity index (χ1v) is 11.5. The number of benzene rings is 1. The van der Waals surface area contributed by atoms with Crippen molar-refractivity contribution in [2.75, 3.05) is 37.7 Å². The van der Waals surface area contributed by atoms with Gasteiger partial charge in [0.1, 0.15) is 0 Å². The Hall–Kier alpha value is -2.44. The smallest absolute Gasteiger partial charge is 0.226 e. The van der Waals surface area contributed by atoms with Crippen LogP contribution in [0.5, 0.6) is 5.88 Å². The Morgan fingerprint density at radius 3 is 2.81 bits per heavy atom. The number of piperidine rings is 1. The Morgan fingerprint density at radius 1 is 1.23 bits per heavy atom. The number of aliphatic hydroxyl groups excluding tert-OH is 1. The van der Waals surface area contributed by atoms with Crippen LogP contribution in [0, 0.1) is 5.92 Å². The Labute approximate surface area is 184 Å². The molecular formula is C25H33N3O3. The Balaban J connectivity index is 1.28. The van der Waals surface area contributed by atoms with Gasteiger partial charge in [0, 0.05) is 37.5 Å². The van der Waals surface area contributed by atoms with E-state index in [1.165, 1.54) is 5.56 Å². The number of hydrogen-bond acceptors (Lipinski definition) is 5. The van der Waals surface area contributed by atoms with Crippen LogP contribution in [-0.4, -0.2) is 53.7 Å². The van der Waals surface area contributed by atoms with Crippen molar-refractivity contribution in [1.29, 1.82) is 0 Å². The number of hydrogen-bond donors (Lipinski definition) is 1. The number of amides is 1. The van der Waals surface area contributed by atoms with Crippen molar-refractivity contribution in [3.05, 3.63) is 53.7 Å². The minimum atomic E-state index is -0.510. The Bertz CT molecular complexity index is 866. The molecule has 0 radical (unpaired) electrons. The number of aryl methyl sites for hydroxylation is 1. The van der Waals surface area contributed by atoms with Crippen LogP contribution >= 0.6 is 0 Å². The first-order chi connectivity index (χ1) is 15.1. The molecule has 1 fully saturated rings. The molecule has 1 N–H and O–H groups in total. The van der Waals surface area contributed by atoms with Crippen molar-refractivity contribution in [1.82, 2.24) is 9.88 Å². The van der Waals surface area contributed by atoms with Crippen molar-refractivity contribution >= 4 is 11.6 Å². The maximum atomic E-state index is 12.2. The lowest BCUT2D eigenvalue weighted by atomic mass is 9.95. The van der Waals surface area contributed by atoms with Crippen molar-refractivity contribution in [2.45, 2.75) is 45.1 Å². The number of rotatable bonds is 7. The minimum Gasteiger partial charge on any atom is -0.477 e. The summed E-state index contributed by atoms with van der Waals surface area (Å²) in [5.41, 5.74) is 3.14. The van der Waals surface area contributed by atoms with E-state index in [9.17, 15) is 9.90 Å². The summed E-state index contributed by atoms with van der Waals surface area (Å²) in [6, 6.07) is 11.8. The third kappa shape index (κ3) is 5.43. The van der Waals surface area contributed by atoms with Gasteiger partial charge in [-0.15, -0.1) is 0 Å². The highest BCUT2D eigenvalue weighted by Gasteiger charge is 2.25. The number of nitrogens with zero attached hydrogens (tertiary/aromatic N) is 3. The van der Waals surface area contributed by atoms with Gasteiger partial charge in [-0.2, -0.15) is 0 Å². The van der Waals surface area contributed by atoms with E-state index in [-0.39, 0.29) is 5.91 Å². The summed E-state index contributed by atoms with van der Waals surface area (Å²) in [4.78, 5) is 20.7. The second kappa shape index (κ2) is 10.2. The molecule has 1 atom stereocenters. The second-order valence-corrected chi connectivity index (χ2v) is 8.63. The summed E-state index contributed by atoms with van der Waals surface area (Å²) in [7, 11) is 0. The zero-order valence-electron chi connectivity index (χ0n) is 18.4. The molecule has 4 rings (SSSR count). The van der Waals surface area contributed by atoms with Gasteiger partial charge in [0.25, 0.3) is 0 Å². The molecule has 2 aliphatic heterocycles. The largest absolute Gasteiger partial charge is 0.477 e. The fourth-order valence-corrected chi connectivity index (χ4v) is 4.60. The Kier molecular flexibility index (Phi) is 7.20. The molecule has 2 aromatic rings. The monoisotopic (exact) mass is 423 g/mol. The van der Waals surface area contributed by atoms with Gasteiger partial charge < -0.3 is 19.6 Å². The number of aromatic nitrogens is 1. The summed E-state index contributed by atoms with van der Waals surface area (Å²) in [6.45, 7) is 5.98. The molecule has 2 aliphatic rings. The number of carbonyl (C=O) groups is 1. The van der Waals surface area contributed by atoms with E-state index < -0.39 is 6.10 Å². The standard InChI is InChI=1S/C25H33N3O3/c1-2-25(30)28-13-5-6-20-16-21(8-9-22(20)28)23(29)17-27-14-10-19(11-15-27)18-31-24-7-3-4-12-26-24/h3-4,7-9,12,16,19,23,29H,2,5-6,10-11,13-15,17-18H2,1H3. The first kappa shape index (κ1) is 21.8. The third-order valence-corrected chi connectivity index (χ3v) is 6.45. The number of ether oxygens (including phenoxy) is 1. The second-order valence-electron chi connectivity index (χ2n) is 8.63. The van der Waals surface area contributed by atoms with Gasteiger partial charge in [-0.1, -0.05) is 25.1 Å². The average molecular weight is 424 g/mol. The lowest BCUT2D eigenvalue weighted by Gasteiger charge is -2.33. The molecule has 166 valence electrons. The summed E-state index contributed by atoms with van der Waals surface area (Å²) >= 11 is 0. The SMILES string of the molecule is CCC(=O)N1CCCc2cc(C(O)CN3CCC(COc4ccccn4)CC3)ccc21. The highest BCUT2D eigenvalue weighted by molar-refractivity contribution is 5.94. The van der Waals surface area contributed by atoms with Crippen molar-refractivity contribution in [3.8, 4) is 5.88 Å². The molecule has 1 aromatic heterocycles. The Morgan fingerprint density at radius 2 is 2.06 bits per heavy atom. The molecule has 0 aliphatic carbocycles. The number of anilines is 1. The van der Waals surface area contributed by atoms with E-state index in [4.69, 9.17) is 4.74 Å². The van der Waals surface area contributed by atoms with Crippen LogP contribution in [0.3, 0.4) is 0 Å². The number of likely N-dealkylation sites (tertiary alicyclic amines) is 1. The third-order valence-electron chi connectivity index (χ3n) is 6.45. The average Bonchev–Trinajstić information content (AvgIpc) is 2.83. The number of carbonyl (C=O) groups excluding carboxylic acids is 1. The van der Waals surface area contributed by atoms with Crippen molar-refractivity contribution in [2.24, 2.45) is 5.92 Å². The van der Waals surface area contributed by atoms with Gasteiger partial charge in [-0.05, 0) is 68.0 Å². The highest BCUT2D eigenvalue weighted by atomic mass is 16.5. The van der Waals surface area contributed by atoms with Crippen LogP contribution in [0.2, 0.25) is 0 Å². The maximum Gasteiger partial charge on any atom is 0.226 e.